The number of H-pyrrole nitrogens is 1. The molecule has 2 heterocycles. The van der Waals surface area contributed by atoms with Crippen molar-refractivity contribution in [2.75, 3.05) is 0 Å². The first-order chi connectivity index (χ1) is 12.7. The zero-order valence-corrected chi connectivity index (χ0v) is 15.9. The lowest BCUT2D eigenvalue weighted by Crippen LogP contribution is -2.25. The third-order valence-electron chi connectivity index (χ3n) is 4.64. The van der Waals surface area contributed by atoms with E-state index in [2.05, 4.69) is 4.98 Å². The summed E-state index contributed by atoms with van der Waals surface area (Å²) in [6.07, 6.45) is -0.782. The number of hydrogen-bond donors (Lipinski definition) is 1. The van der Waals surface area contributed by atoms with Crippen molar-refractivity contribution in [3.05, 3.63) is 62.8 Å². The third kappa shape index (κ3) is 3.43. The molecular formula is C21H21NO5. The van der Waals surface area contributed by atoms with E-state index in [1.54, 1.807) is 39.0 Å². The molecule has 0 aliphatic carbocycles. The highest BCUT2D eigenvalue weighted by Gasteiger charge is 2.24. The van der Waals surface area contributed by atoms with E-state index in [9.17, 15) is 14.4 Å². The molecule has 2 aromatic heterocycles. The van der Waals surface area contributed by atoms with Gasteiger partial charge in [0, 0.05) is 28.8 Å². The number of aryl methyl sites for hydroxylation is 2. The van der Waals surface area contributed by atoms with E-state index in [1.165, 1.54) is 13.0 Å². The van der Waals surface area contributed by atoms with Gasteiger partial charge in [-0.05, 0) is 57.9 Å². The molecule has 0 aliphatic rings. The van der Waals surface area contributed by atoms with Crippen LogP contribution in [0.1, 0.15) is 51.5 Å². The highest BCUT2D eigenvalue weighted by molar-refractivity contribution is 6.04. The molecule has 0 amide bonds. The molecule has 27 heavy (non-hydrogen) atoms. The van der Waals surface area contributed by atoms with Gasteiger partial charge in [0.15, 0.2) is 11.9 Å². The number of ketones is 2. The Morgan fingerprint density at radius 3 is 2.48 bits per heavy atom. The van der Waals surface area contributed by atoms with Crippen LogP contribution < -0.4 is 10.4 Å². The maximum atomic E-state index is 12.8. The molecule has 0 bridgehead atoms. The van der Waals surface area contributed by atoms with Gasteiger partial charge in [-0.2, -0.15) is 0 Å². The van der Waals surface area contributed by atoms with Crippen molar-refractivity contribution in [1.29, 1.82) is 0 Å². The molecule has 3 rings (SSSR count). The molecule has 0 radical (unpaired) electrons. The molecule has 0 saturated carbocycles. The van der Waals surface area contributed by atoms with Crippen LogP contribution in [0, 0.1) is 20.8 Å². The van der Waals surface area contributed by atoms with E-state index in [-0.39, 0.29) is 11.6 Å². The van der Waals surface area contributed by atoms with E-state index < -0.39 is 11.7 Å². The number of aromatic nitrogens is 1. The van der Waals surface area contributed by atoms with Crippen LogP contribution in [0.3, 0.4) is 0 Å². The number of benzene rings is 1. The number of carbonyl (C=O) groups is 2. The fourth-order valence-corrected chi connectivity index (χ4v) is 3.36. The van der Waals surface area contributed by atoms with Gasteiger partial charge >= 0.3 is 5.63 Å². The molecule has 3 aromatic rings. The van der Waals surface area contributed by atoms with Gasteiger partial charge < -0.3 is 14.1 Å². The summed E-state index contributed by atoms with van der Waals surface area (Å²) in [6.45, 7) is 8.45. The Labute approximate surface area is 156 Å². The monoisotopic (exact) mass is 367 g/mol. The number of fused-ring (bicyclic) bond motifs is 1. The fraction of sp³-hybridized carbons (Fsp3) is 0.286. The number of carbonyl (C=O) groups excluding carboxylic acids is 2. The highest BCUT2D eigenvalue weighted by Crippen LogP contribution is 2.25. The summed E-state index contributed by atoms with van der Waals surface area (Å²) in [5.74, 6) is 0.0764. The van der Waals surface area contributed by atoms with Crippen LogP contribution >= 0.6 is 0 Å². The minimum Gasteiger partial charge on any atom is -0.482 e. The van der Waals surface area contributed by atoms with E-state index in [4.69, 9.17) is 9.15 Å². The van der Waals surface area contributed by atoms with Crippen LogP contribution in [0.2, 0.25) is 0 Å². The topological polar surface area (TPSA) is 89.4 Å². The van der Waals surface area contributed by atoms with Crippen molar-refractivity contribution in [3.8, 4) is 5.75 Å². The number of Topliss-reactive ketones (excluding diaryl/α,β-unsaturated/α-hetero) is 2. The predicted octanol–water partition coefficient (Wildman–Crippen LogP) is 3.90. The zero-order valence-electron chi connectivity index (χ0n) is 15.9. The second kappa shape index (κ2) is 6.87. The van der Waals surface area contributed by atoms with Crippen molar-refractivity contribution in [3.63, 3.8) is 0 Å². The fourth-order valence-electron chi connectivity index (χ4n) is 3.36. The van der Waals surface area contributed by atoms with Crippen molar-refractivity contribution < 1.29 is 18.7 Å². The summed E-state index contributed by atoms with van der Waals surface area (Å²) in [6, 6.07) is 6.55. The minimum absolute atomic E-state index is 0.0891. The Hall–Kier alpha value is -3.15. The maximum Gasteiger partial charge on any atom is 0.336 e. The highest BCUT2D eigenvalue weighted by atomic mass is 16.5. The summed E-state index contributed by atoms with van der Waals surface area (Å²) in [4.78, 5) is 39.1. The Balaban J connectivity index is 1.89. The van der Waals surface area contributed by atoms with Crippen LogP contribution in [-0.4, -0.2) is 22.7 Å². The normalized spacial score (nSPS) is 12.2. The first kappa shape index (κ1) is 18.6. The average Bonchev–Trinajstić information content (AvgIpc) is 2.88. The number of rotatable bonds is 5. The Morgan fingerprint density at radius 1 is 1.15 bits per heavy atom. The molecule has 140 valence electrons. The molecule has 1 aromatic carbocycles. The number of nitrogens with one attached hydrogen (secondary N) is 1. The standard InChI is InChI=1S/C21H21NO5/c1-10-8-18(24)27-17-9-15(6-7-16(10)17)26-14(5)21(25)20-11(2)19(13(4)23)12(3)22-20/h6-9,14,22H,1-5H3/t14-/m0/s1. The minimum atomic E-state index is -0.782. The summed E-state index contributed by atoms with van der Waals surface area (Å²) in [5.41, 5.74) is 2.98. The number of hydrogen-bond acceptors (Lipinski definition) is 5. The summed E-state index contributed by atoms with van der Waals surface area (Å²) < 4.78 is 11.0. The molecule has 6 heteroatoms. The molecule has 0 aliphatic heterocycles. The third-order valence-corrected chi connectivity index (χ3v) is 4.64. The lowest BCUT2D eigenvalue weighted by Gasteiger charge is -2.14. The molecular weight excluding hydrogens is 346 g/mol. The number of ether oxygens (including phenoxy) is 1. The molecule has 1 atom stereocenters. The zero-order chi connectivity index (χ0) is 19.9. The van der Waals surface area contributed by atoms with Gasteiger partial charge in [0.1, 0.15) is 11.3 Å². The van der Waals surface area contributed by atoms with Gasteiger partial charge in [0.25, 0.3) is 0 Å². The van der Waals surface area contributed by atoms with Gasteiger partial charge in [0.05, 0.1) is 5.69 Å². The summed E-state index contributed by atoms with van der Waals surface area (Å²) in [7, 11) is 0. The van der Waals surface area contributed by atoms with Gasteiger partial charge in [0.2, 0.25) is 5.78 Å². The Morgan fingerprint density at radius 2 is 1.85 bits per heavy atom. The molecule has 6 nitrogen and oxygen atoms in total. The SMILES string of the molecule is CC(=O)c1c(C)[nH]c(C(=O)[C@H](C)Oc2ccc3c(C)cc(=O)oc3c2)c1C. The Kier molecular flexibility index (Phi) is 4.74. The first-order valence-electron chi connectivity index (χ1n) is 8.64. The number of aromatic amines is 1. The lowest BCUT2D eigenvalue weighted by molar-refractivity contribution is 0.0812. The van der Waals surface area contributed by atoms with E-state index >= 15 is 0 Å². The van der Waals surface area contributed by atoms with Crippen LogP contribution in [0.5, 0.6) is 5.75 Å². The van der Waals surface area contributed by atoms with Crippen LogP contribution in [0.25, 0.3) is 11.0 Å². The average molecular weight is 367 g/mol. The second-order valence-corrected chi connectivity index (χ2v) is 6.71. The van der Waals surface area contributed by atoms with Crippen LogP contribution in [-0.2, 0) is 0 Å². The van der Waals surface area contributed by atoms with Crippen LogP contribution in [0.15, 0.2) is 33.5 Å². The summed E-state index contributed by atoms with van der Waals surface area (Å²) in [5, 5.41) is 0.808. The van der Waals surface area contributed by atoms with Crippen molar-refractivity contribution in [2.24, 2.45) is 0 Å². The van der Waals surface area contributed by atoms with Crippen molar-refractivity contribution in [2.45, 2.75) is 40.7 Å². The van der Waals surface area contributed by atoms with Gasteiger partial charge in [-0.15, -0.1) is 0 Å². The first-order valence-corrected chi connectivity index (χ1v) is 8.64. The van der Waals surface area contributed by atoms with E-state index in [1.807, 2.05) is 6.92 Å². The lowest BCUT2D eigenvalue weighted by atomic mass is 10.0. The molecule has 0 spiro atoms. The molecule has 0 saturated heterocycles. The van der Waals surface area contributed by atoms with Gasteiger partial charge in [-0.25, -0.2) is 4.79 Å². The van der Waals surface area contributed by atoms with Gasteiger partial charge in [-0.3, -0.25) is 9.59 Å². The maximum absolute atomic E-state index is 12.8. The largest absolute Gasteiger partial charge is 0.482 e. The van der Waals surface area contributed by atoms with E-state index in [0.29, 0.717) is 33.8 Å². The van der Waals surface area contributed by atoms with Crippen molar-refractivity contribution >= 4 is 22.5 Å². The smallest absolute Gasteiger partial charge is 0.336 e. The predicted molar refractivity (Wildman–Crippen MR) is 102 cm³/mol. The quantitative estimate of drug-likeness (QED) is 0.546. The van der Waals surface area contributed by atoms with Crippen molar-refractivity contribution in [1.82, 2.24) is 4.98 Å². The molecule has 0 unspecified atom stereocenters. The van der Waals surface area contributed by atoms with Gasteiger partial charge in [-0.1, -0.05) is 0 Å². The van der Waals surface area contributed by atoms with Crippen LogP contribution in [0.4, 0.5) is 0 Å². The van der Waals surface area contributed by atoms with E-state index in [0.717, 1.165) is 10.9 Å². The molecule has 1 N–H and O–H groups in total. The Bertz CT molecular complexity index is 1120. The summed E-state index contributed by atoms with van der Waals surface area (Å²) >= 11 is 0. The second-order valence-electron chi connectivity index (χ2n) is 6.71. The molecule has 0 fully saturated rings.